The molecule has 0 amide bonds. The van der Waals surface area contributed by atoms with Gasteiger partial charge in [0, 0.05) is 17.8 Å². The first-order valence-electron chi connectivity index (χ1n) is 7.05. The number of pyridine rings is 1. The SMILES string of the molecule is C.Cc1cccn2c(=O)c(C=O)c(NCc3cccc(Cl)c3)nc12. The molecule has 0 saturated carbocycles. The molecule has 0 atom stereocenters. The molecule has 2 aromatic heterocycles. The van der Waals surface area contributed by atoms with Gasteiger partial charge in [-0.25, -0.2) is 4.98 Å². The van der Waals surface area contributed by atoms with Crippen LogP contribution in [0.2, 0.25) is 5.02 Å². The van der Waals surface area contributed by atoms with E-state index in [1.165, 1.54) is 4.40 Å². The summed E-state index contributed by atoms with van der Waals surface area (Å²) >= 11 is 5.96. The lowest BCUT2D eigenvalue weighted by molar-refractivity contribution is 0.112. The van der Waals surface area contributed by atoms with Crippen LogP contribution in [0.4, 0.5) is 5.82 Å². The molecule has 1 aromatic carbocycles. The zero-order valence-electron chi connectivity index (χ0n) is 12.4. The van der Waals surface area contributed by atoms with Gasteiger partial charge in [0.15, 0.2) is 6.29 Å². The Kier molecular flexibility index (Phi) is 5.36. The van der Waals surface area contributed by atoms with E-state index < -0.39 is 0 Å². The Labute approximate surface area is 144 Å². The van der Waals surface area contributed by atoms with E-state index in [4.69, 9.17) is 11.6 Å². The van der Waals surface area contributed by atoms with Crippen LogP contribution in [0, 0.1) is 6.92 Å². The summed E-state index contributed by atoms with van der Waals surface area (Å²) in [4.78, 5) is 28.2. The Bertz CT molecular complexity index is 951. The van der Waals surface area contributed by atoms with Gasteiger partial charge in [-0.15, -0.1) is 0 Å². The summed E-state index contributed by atoms with van der Waals surface area (Å²) in [5.41, 5.74) is 1.93. The van der Waals surface area contributed by atoms with Crippen LogP contribution >= 0.6 is 11.6 Å². The molecule has 124 valence electrons. The Morgan fingerprint density at radius 2 is 2.08 bits per heavy atom. The number of aromatic nitrogens is 2. The first-order chi connectivity index (χ1) is 11.1. The van der Waals surface area contributed by atoms with E-state index in [1.54, 1.807) is 18.3 Å². The van der Waals surface area contributed by atoms with Crippen molar-refractivity contribution in [2.45, 2.75) is 20.9 Å². The Morgan fingerprint density at radius 1 is 1.29 bits per heavy atom. The summed E-state index contributed by atoms with van der Waals surface area (Å²) in [6.45, 7) is 2.28. The molecular weight excluding hydrogens is 326 g/mol. The number of halogens is 1. The topological polar surface area (TPSA) is 63.5 Å². The van der Waals surface area contributed by atoms with E-state index in [-0.39, 0.29) is 24.4 Å². The first kappa shape index (κ1) is 17.7. The van der Waals surface area contributed by atoms with E-state index in [1.807, 2.05) is 31.2 Å². The Hall–Kier alpha value is -2.66. The molecule has 1 N–H and O–H groups in total. The average Bonchev–Trinajstić information content (AvgIpc) is 2.54. The van der Waals surface area contributed by atoms with Crippen molar-refractivity contribution < 1.29 is 4.79 Å². The second kappa shape index (κ2) is 7.27. The van der Waals surface area contributed by atoms with Gasteiger partial charge in [0.25, 0.3) is 5.56 Å². The number of fused-ring (bicyclic) bond motifs is 1. The van der Waals surface area contributed by atoms with Crippen LogP contribution in [0.5, 0.6) is 0 Å². The van der Waals surface area contributed by atoms with Gasteiger partial charge in [0.05, 0.1) is 0 Å². The molecule has 0 fully saturated rings. The molecule has 5 nitrogen and oxygen atoms in total. The van der Waals surface area contributed by atoms with Crippen molar-refractivity contribution in [2.75, 3.05) is 5.32 Å². The maximum Gasteiger partial charge on any atom is 0.270 e. The van der Waals surface area contributed by atoms with Crippen molar-refractivity contribution in [3.05, 3.63) is 74.7 Å². The van der Waals surface area contributed by atoms with E-state index in [0.29, 0.717) is 23.5 Å². The van der Waals surface area contributed by atoms with Gasteiger partial charge < -0.3 is 5.32 Å². The molecular formula is C18H18ClN3O2. The third-order valence-electron chi connectivity index (χ3n) is 3.55. The number of aryl methyl sites for hydroxylation is 1. The number of benzene rings is 1. The highest BCUT2D eigenvalue weighted by Crippen LogP contribution is 2.15. The highest BCUT2D eigenvalue weighted by atomic mass is 35.5. The lowest BCUT2D eigenvalue weighted by Gasteiger charge is -2.11. The molecule has 0 radical (unpaired) electrons. The molecule has 6 heteroatoms. The van der Waals surface area contributed by atoms with Gasteiger partial charge in [0.1, 0.15) is 17.0 Å². The van der Waals surface area contributed by atoms with Gasteiger partial charge in [-0.05, 0) is 36.2 Å². The smallest absolute Gasteiger partial charge is 0.270 e. The largest absolute Gasteiger partial charge is 0.365 e. The molecule has 3 rings (SSSR count). The van der Waals surface area contributed by atoms with E-state index in [2.05, 4.69) is 10.3 Å². The highest BCUT2D eigenvalue weighted by Gasteiger charge is 2.13. The number of anilines is 1. The number of carbonyl (C=O) groups is 1. The van der Waals surface area contributed by atoms with Crippen molar-refractivity contribution in [3.63, 3.8) is 0 Å². The third kappa shape index (κ3) is 3.31. The molecule has 0 saturated heterocycles. The molecule has 0 bridgehead atoms. The minimum Gasteiger partial charge on any atom is -0.365 e. The first-order valence-corrected chi connectivity index (χ1v) is 7.43. The second-order valence-electron chi connectivity index (χ2n) is 5.17. The van der Waals surface area contributed by atoms with Gasteiger partial charge in [0.2, 0.25) is 0 Å². The lowest BCUT2D eigenvalue weighted by Crippen LogP contribution is -2.22. The quantitative estimate of drug-likeness (QED) is 0.733. The van der Waals surface area contributed by atoms with Crippen molar-refractivity contribution in [1.82, 2.24) is 9.38 Å². The van der Waals surface area contributed by atoms with E-state index in [9.17, 15) is 9.59 Å². The highest BCUT2D eigenvalue weighted by molar-refractivity contribution is 6.30. The van der Waals surface area contributed by atoms with Crippen LogP contribution in [0.3, 0.4) is 0 Å². The number of rotatable bonds is 4. The Balaban J connectivity index is 0.00000208. The van der Waals surface area contributed by atoms with Crippen molar-refractivity contribution in [1.29, 1.82) is 0 Å². The predicted molar refractivity (Wildman–Crippen MR) is 97.1 cm³/mol. The summed E-state index contributed by atoms with van der Waals surface area (Å²) in [6.07, 6.45) is 2.13. The molecule has 0 aliphatic carbocycles. The van der Waals surface area contributed by atoms with Crippen LogP contribution in [0.15, 0.2) is 47.4 Å². The number of hydrogen-bond donors (Lipinski definition) is 1. The molecule has 24 heavy (non-hydrogen) atoms. The molecule has 0 aliphatic heterocycles. The minimum absolute atomic E-state index is 0. The minimum atomic E-state index is -0.387. The van der Waals surface area contributed by atoms with Gasteiger partial charge >= 0.3 is 0 Å². The summed E-state index contributed by atoms with van der Waals surface area (Å²) in [7, 11) is 0. The zero-order chi connectivity index (χ0) is 16.4. The van der Waals surface area contributed by atoms with Gasteiger partial charge in [-0.2, -0.15) is 0 Å². The standard InChI is InChI=1S/C17H14ClN3O2.CH4/c1-11-4-3-7-21-16(11)20-15(14(10-22)17(21)23)19-9-12-5-2-6-13(18)8-12;/h2-8,10,19H,9H2,1H3;1H4. The summed E-state index contributed by atoms with van der Waals surface area (Å²) in [5, 5.41) is 3.68. The van der Waals surface area contributed by atoms with Crippen molar-refractivity contribution in [3.8, 4) is 0 Å². The van der Waals surface area contributed by atoms with Gasteiger partial charge in [-0.1, -0.05) is 37.2 Å². The fourth-order valence-corrected chi connectivity index (χ4v) is 2.60. The fraction of sp³-hybridized carbons (Fsp3) is 0.167. The van der Waals surface area contributed by atoms with Crippen molar-refractivity contribution in [2.24, 2.45) is 0 Å². The molecule has 0 aliphatic rings. The maximum atomic E-state index is 12.4. The summed E-state index contributed by atoms with van der Waals surface area (Å²) in [5.74, 6) is 0.277. The normalized spacial score (nSPS) is 10.2. The summed E-state index contributed by atoms with van der Waals surface area (Å²) in [6, 6.07) is 11.0. The van der Waals surface area contributed by atoms with E-state index in [0.717, 1.165) is 11.1 Å². The molecule has 3 aromatic rings. The number of aldehydes is 1. The number of nitrogens with zero attached hydrogens (tertiary/aromatic N) is 2. The second-order valence-corrected chi connectivity index (χ2v) is 5.60. The average molecular weight is 344 g/mol. The van der Waals surface area contributed by atoms with Gasteiger partial charge in [-0.3, -0.25) is 14.0 Å². The number of carbonyl (C=O) groups excluding carboxylic acids is 1. The van der Waals surface area contributed by atoms with E-state index >= 15 is 0 Å². The van der Waals surface area contributed by atoms with Crippen LogP contribution in [0.1, 0.15) is 28.9 Å². The number of nitrogens with one attached hydrogen (secondary N) is 1. The van der Waals surface area contributed by atoms with Crippen LogP contribution in [-0.4, -0.2) is 15.7 Å². The van der Waals surface area contributed by atoms with Crippen molar-refractivity contribution >= 4 is 29.4 Å². The third-order valence-corrected chi connectivity index (χ3v) is 3.79. The predicted octanol–water partition coefficient (Wildman–Crippen LogP) is 3.72. The molecule has 2 heterocycles. The lowest BCUT2D eigenvalue weighted by atomic mass is 10.2. The Morgan fingerprint density at radius 3 is 2.79 bits per heavy atom. The summed E-state index contributed by atoms with van der Waals surface area (Å²) < 4.78 is 1.38. The monoisotopic (exact) mass is 343 g/mol. The van der Waals surface area contributed by atoms with Crippen LogP contribution in [-0.2, 0) is 6.54 Å². The maximum absolute atomic E-state index is 12.4. The zero-order valence-corrected chi connectivity index (χ0v) is 13.2. The number of hydrogen-bond acceptors (Lipinski definition) is 4. The molecule has 0 unspecified atom stereocenters. The molecule has 0 spiro atoms. The van der Waals surface area contributed by atoms with Crippen LogP contribution < -0.4 is 10.9 Å². The fourth-order valence-electron chi connectivity index (χ4n) is 2.39. The van der Waals surface area contributed by atoms with Crippen LogP contribution in [0.25, 0.3) is 5.65 Å².